The summed E-state index contributed by atoms with van der Waals surface area (Å²) in [5.74, 6) is 0.724. The number of nitrogens with zero attached hydrogens (tertiary/aromatic N) is 1. The molecule has 0 aliphatic rings. The molecule has 0 unspecified atom stereocenters. The summed E-state index contributed by atoms with van der Waals surface area (Å²) in [6.45, 7) is 6.52. The molecule has 0 radical (unpaired) electrons. The van der Waals surface area contributed by atoms with Crippen LogP contribution in [0.1, 0.15) is 43.1 Å². The normalized spacial score (nSPS) is 10.8. The molecular formula is C21H25N3O3. The molecule has 0 saturated heterocycles. The molecule has 2 aromatic carbocycles. The Bertz CT molecular complexity index is 781. The molecule has 2 aromatic rings. The fourth-order valence-corrected chi connectivity index (χ4v) is 2.33. The number of hydrogen-bond acceptors (Lipinski definition) is 4. The number of rotatable bonds is 8. The van der Waals surface area contributed by atoms with Crippen LogP contribution in [-0.4, -0.2) is 24.6 Å². The molecule has 2 amide bonds. The molecule has 6 nitrogen and oxygen atoms in total. The Labute approximate surface area is 159 Å². The van der Waals surface area contributed by atoms with Crippen LogP contribution in [0.15, 0.2) is 53.6 Å². The van der Waals surface area contributed by atoms with Crippen molar-refractivity contribution in [1.82, 2.24) is 5.43 Å². The lowest BCUT2D eigenvalue weighted by Crippen LogP contribution is -2.18. The van der Waals surface area contributed by atoms with Gasteiger partial charge in [0, 0.05) is 17.7 Å². The van der Waals surface area contributed by atoms with Crippen LogP contribution in [0.4, 0.5) is 5.69 Å². The smallest absolute Gasteiger partial charge is 0.271 e. The van der Waals surface area contributed by atoms with E-state index in [0.717, 1.165) is 11.3 Å². The average molecular weight is 367 g/mol. The van der Waals surface area contributed by atoms with E-state index in [4.69, 9.17) is 4.74 Å². The van der Waals surface area contributed by atoms with Crippen LogP contribution in [-0.2, 0) is 4.79 Å². The SMILES string of the molecule is CCOc1ccc(C=NNC(=O)c2ccc(NC(=O)CC(C)C)cc2)cc1. The predicted octanol–water partition coefficient (Wildman–Crippen LogP) is 3.83. The Morgan fingerprint density at radius 1 is 1.07 bits per heavy atom. The zero-order valence-corrected chi connectivity index (χ0v) is 15.9. The summed E-state index contributed by atoms with van der Waals surface area (Å²) in [6, 6.07) is 14.1. The van der Waals surface area contributed by atoms with Gasteiger partial charge >= 0.3 is 0 Å². The Morgan fingerprint density at radius 3 is 2.33 bits per heavy atom. The monoisotopic (exact) mass is 367 g/mol. The van der Waals surface area contributed by atoms with E-state index in [2.05, 4.69) is 15.8 Å². The van der Waals surface area contributed by atoms with E-state index in [9.17, 15) is 9.59 Å². The van der Waals surface area contributed by atoms with Crippen LogP contribution in [0, 0.1) is 5.92 Å². The first-order chi connectivity index (χ1) is 13.0. The molecule has 142 valence electrons. The van der Waals surface area contributed by atoms with Crippen LogP contribution >= 0.6 is 0 Å². The maximum atomic E-state index is 12.1. The predicted molar refractivity (Wildman–Crippen MR) is 107 cm³/mol. The van der Waals surface area contributed by atoms with Gasteiger partial charge in [0.25, 0.3) is 5.91 Å². The lowest BCUT2D eigenvalue weighted by molar-refractivity contribution is -0.116. The number of hydrazone groups is 1. The van der Waals surface area contributed by atoms with Crippen molar-refractivity contribution in [2.75, 3.05) is 11.9 Å². The van der Waals surface area contributed by atoms with Crippen molar-refractivity contribution in [1.29, 1.82) is 0 Å². The van der Waals surface area contributed by atoms with E-state index in [1.807, 2.05) is 45.0 Å². The molecule has 0 heterocycles. The highest BCUT2D eigenvalue weighted by Gasteiger charge is 2.07. The van der Waals surface area contributed by atoms with Gasteiger partial charge in [0.05, 0.1) is 12.8 Å². The molecule has 2 rings (SSSR count). The summed E-state index contributed by atoms with van der Waals surface area (Å²) in [5.41, 5.74) is 4.46. The van der Waals surface area contributed by atoms with Crippen molar-refractivity contribution in [3.8, 4) is 5.75 Å². The molecule has 0 aliphatic carbocycles. The van der Waals surface area contributed by atoms with E-state index >= 15 is 0 Å². The maximum Gasteiger partial charge on any atom is 0.271 e. The van der Waals surface area contributed by atoms with Crippen molar-refractivity contribution >= 4 is 23.7 Å². The number of benzene rings is 2. The third-order valence-electron chi connectivity index (χ3n) is 3.60. The first-order valence-corrected chi connectivity index (χ1v) is 8.94. The lowest BCUT2D eigenvalue weighted by Gasteiger charge is -2.07. The van der Waals surface area contributed by atoms with Gasteiger partial charge in [-0.15, -0.1) is 0 Å². The summed E-state index contributed by atoms with van der Waals surface area (Å²) in [5, 5.41) is 6.77. The van der Waals surface area contributed by atoms with E-state index in [0.29, 0.717) is 30.2 Å². The summed E-state index contributed by atoms with van der Waals surface area (Å²) in [7, 11) is 0. The third-order valence-corrected chi connectivity index (χ3v) is 3.60. The standard InChI is InChI=1S/C21H25N3O3/c1-4-27-19-11-5-16(6-12-19)14-22-24-21(26)17-7-9-18(10-8-17)23-20(25)13-15(2)3/h5-12,14-15H,4,13H2,1-3H3,(H,23,25)(H,24,26). The highest BCUT2D eigenvalue weighted by molar-refractivity contribution is 5.96. The van der Waals surface area contributed by atoms with Gasteiger partial charge in [0.2, 0.25) is 5.91 Å². The minimum Gasteiger partial charge on any atom is -0.494 e. The topological polar surface area (TPSA) is 79.8 Å². The largest absolute Gasteiger partial charge is 0.494 e. The second kappa shape index (κ2) is 10.1. The highest BCUT2D eigenvalue weighted by atomic mass is 16.5. The van der Waals surface area contributed by atoms with Crippen LogP contribution in [0.3, 0.4) is 0 Å². The number of nitrogens with one attached hydrogen (secondary N) is 2. The zero-order chi connectivity index (χ0) is 19.6. The minimum absolute atomic E-state index is 0.0397. The number of amides is 2. The zero-order valence-electron chi connectivity index (χ0n) is 15.9. The second-order valence-corrected chi connectivity index (χ2v) is 6.42. The fraction of sp³-hybridized carbons (Fsp3) is 0.286. The number of anilines is 1. The van der Waals surface area contributed by atoms with E-state index in [1.54, 1.807) is 30.5 Å². The molecule has 2 N–H and O–H groups in total. The van der Waals surface area contributed by atoms with E-state index < -0.39 is 0 Å². The molecule has 0 fully saturated rings. The molecule has 0 saturated carbocycles. The Morgan fingerprint density at radius 2 is 1.74 bits per heavy atom. The average Bonchev–Trinajstić information content (AvgIpc) is 2.63. The quantitative estimate of drug-likeness (QED) is 0.550. The first kappa shape index (κ1) is 20.2. The molecule has 27 heavy (non-hydrogen) atoms. The second-order valence-electron chi connectivity index (χ2n) is 6.42. The highest BCUT2D eigenvalue weighted by Crippen LogP contribution is 2.12. The van der Waals surface area contributed by atoms with Gasteiger partial charge < -0.3 is 10.1 Å². The number of hydrogen-bond donors (Lipinski definition) is 2. The van der Waals surface area contributed by atoms with E-state index in [-0.39, 0.29) is 11.8 Å². The summed E-state index contributed by atoms with van der Waals surface area (Å²) >= 11 is 0. The molecule has 0 aliphatic heterocycles. The molecule has 0 spiro atoms. The van der Waals surface area contributed by atoms with Gasteiger partial charge in [-0.05, 0) is 66.9 Å². The summed E-state index contributed by atoms with van der Waals surface area (Å²) in [4.78, 5) is 23.9. The number of ether oxygens (including phenoxy) is 1. The van der Waals surface area contributed by atoms with Gasteiger partial charge in [0.1, 0.15) is 5.75 Å². The van der Waals surface area contributed by atoms with Gasteiger partial charge in [-0.1, -0.05) is 13.8 Å². The third kappa shape index (κ3) is 6.93. The molecular weight excluding hydrogens is 342 g/mol. The van der Waals surface area contributed by atoms with Gasteiger partial charge in [-0.3, -0.25) is 9.59 Å². The van der Waals surface area contributed by atoms with Gasteiger partial charge in [-0.2, -0.15) is 5.10 Å². The molecule has 0 bridgehead atoms. The summed E-state index contributed by atoms with van der Waals surface area (Å²) < 4.78 is 5.37. The Kier molecular flexibility index (Phi) is 7.55. The number of carbonyl (C=O) groups is 2. The van der Waals surface area contributed by atoms with Crippen molar-refractivity contribution in [3.63, 3.8) is 0 Å². The minimum atomic E-state index is -0.322. The van der Waals surface area contributed by atoms with Crippen molar-refractivity contribution in [2.24, 2.45) is 11.0 Å². The van der Waals surface area contributed by atoms with Crippen LogP contribution in [0.2, 0.25) is 0 Å². The fourth-order valence-electron chi connectivity index (χ4n) is 2.33. The Hall–Kier alpha value is -3.15. The molecule has 0 atom stereocenters. The summed E-state index contributed by atoms with van der Waals surface area (Å²) in [6.07, 6.45) is 2.02. The van der Waals surface area contributed by atoms with Crippen molar-refractivity contribution < 1.29 is 14.3 Å². The molecule has 0 aromatic heterocycles. The van der Waals surface area contributed by atoms with Gasteiger partial charge in [-0.25, -0.2) is 5.43 Å². The van der Waals surface area contributed by atoms with Gasteiger partial charge in [0.15, 0.2) is 0 Å². The number of carbonyl (C=O) groups excluding carboxylic acids is 2. The van der Waals surface area contributed by atoms with Crippen LogP contribution in [0.25, 0.3) is 0 Å². The van der Waals surface area contributed by atoms with Crippen molar-refractivity contribution in [3.05, 3.63) is 59.7 Å². The first-order valence-electron chi connectivity index (χ1n) is 8.94. The molecule has 6 heteroatoms. The maximum absolute atomic E-state index is 12.1. The van der Waals surface area contributed by atoms with Crippen LogP contribution < -0.4 is 15.5 Å². The van der Waals surface area contributed by atoms with Crippen molar-refractivity contribution in [2.45, 2.75) is 27.2 Å². The van der Waals surface area contributed by atoms with Crippen LogP contribution in [0.5, 0.6) is 5.75 Å². The lowest BCUT2D eigenvalue weighted by atomic mass is 10.1. The Balaban J connectivity index is 1.87. The van der Waals surface area contributed by atoms with E-state index in [1.165, 1.54) is 0 Å².